The molecule has 0 aliphatic carbocycles. The third-order valence-corrected chi connectivity index (χ3v) is 3.26. The van der Waals surface area contributed by atoms with Crippen LogP contribution >= 0.6 is 0 Å². The molecular formula is C18H19FN4O. The quantitative estimate of drug-likeness (QED) is 0.486. The summed E-state index contributed by atoms with van der Waals surface area (Å²) in [5.74, 6) is 0.946. The Hall–Kier alpha value is -3.07. The van der Waals surface area contributed by atoms with Crippen LogP contribution in [0.25, 0.3) is 0 Å². The van der Waals surface area contributed by atoms with E-state index in [0.29, 0.717) is 30.2 Å². The van der Waals surface area contributed by atoms with Gasteiger partial charge in [-0.25, -0.2) is 4.39 Å². The van der Waals surface area contributed by atoms with Gasteiger partial charge in [0.2, 0.25) is 0 Å². The van der Waals surface area contributed by atoms with Crippen LogP contribution in [0.1, 0.15) is 11.1 Å². The normalized spacial score (nSPS) is 10.8. The lowest BCUT2D eigenvalue weighted by molar-refractivity contribution is 0.322. The zero-order valence-corrected chi connectivity index (χ0v) is 13.4. The molecule has 0 spiro atoms. The van der Waals surface area contributed by atoms with Crippen LogP contribution in [0.5, 0.6) is 5.75 Å². The average Bonchev–Trinajstić information content (AvgIpc) is 2.62. The Kier molecular flexibility index (Phi) is 6.59. The van der Waals surface area contributed by atoms with Crippen LogP contribution in [0.3, 0.4) is 0 Å². The van der Waals surface area contributed by atoms with Gasteiger partial charge in [-0.2, -0.15) is 5.26 Å². The van der Waals surface area contributed by atoms with Crippen molar-refractivity contribution in [3.8, 4) is 11.8 Å². The molecule has 0 saturated carbocycles. The second-order valence-corrected chi connectivity index (χ2v) is 4.93. The lowest BCUT2D eigenvalue weighted by atomic mass is 10.1. The molecule has 24 heavy (non-hydrogen) atoms. The number of guanidine groups is 1. The van der Waals surface area contributed by atoms with Gasteiger partial charge in [0.25, 0.3) is 0 Å². The maximum Gasteiger partial charge on any atom is 0.191 e. The summed E-state index contributed by atoms with van der Waals surface area (Å²) in [5, 5.41) is 14.9. The number of aliphatic imine (C=N–C) groups is 1. The second-order valence-electron chi connectivity index (χ2n) is 4.93. The van der Waals surface area contributed by atoms with Crippen LogP contribution in [0, 0.1) is 17.1 Å². The standard InChI is InChI=1S/C18H19FN4O/c1-21-18(22-9-10-24-16-5-3-2-4-6-16)23-13-15-8-7-14(12-20)11-17(15)19/h2-8,11H,9-10,13H2,1H3,(H2,21,22,23). The summed E-state index contributed by atoms with van der Waals surface area (Å²) in [6, 6.07) is 15.8. The van der Waals surface area contributed by atoms with E-state index in [-0.39, 0.29) is 6.54 Å². The minimum Gasteiger partial charge on any atom is -0.492 e. The fraction of sp³-hybridized carbons (Fsp3) is 0.222. The zero-order chi connectivity index (χ0) is 17.2. The Bertz CT molecular complexity index is 726. The highest BCUT2D eigenvalue weighted by Gasteiger charge is 2.05. The molecule has 2 N–H and O–H groups in total. The van der Waals surface area contributed by atoms with Crippen LogP contribution in [-0.4, -0.2) is 26.2 Å². The molecule has 0 amide bonds. The Morgan fingerprint density at radius 1 is 1.21 bits per heavy atom. The van der Waals surface area contributed by atoms with Crippen LogP contribution < -0.4 is 15.4 Å². The predicted octanol–water partition coefficient (Wildman–Crippen LogP) is 2.44. The molecular weight excluding hydrogens is 307 g/mol. The maximum atomic E-state index is 13.8. The smallest absolute Gasteiger partial charge is 0.191 e. The number of hydrogen-bond donors (Lipinski definition) is 2. The third-order valence-electron chi connectivity index (χ3n) is 3.26. The molecule has 2 rings (SSSR count). The van der Waals surface area contributed by atoms with E-state index >= 15 is 0 Å². The first-order valence-corrected chi connectivity index (χ1v) is 7.54. The number of hydrogen-bond acceptors (Lipinski definition) is 3. The molecule has 0 aromatic heterocycles. The largest absolute Gasteiger partial charge is 0.492 e. The number of halogens is 1. The minimum atomic E-state index is -0.413. The number of nitriles is 1. The number of benzene rings is 2. The van der Waals surface area contributed by atoms with Gasteiger partial charge in [-0.15, -0.1) is 0 Å². The fourth-order valence-electron chi connectivity index (χ4n) is 2.01. The first-order chi connectivity index (χ1) is 11.7. The summed E-state index contributed by atoms with van der Waals surface area (Å²) in [4.78, 5) is 4.08. The lowest BCUT2D eigenvalue weighted by Gasteiger charge is -2.13. The average molecular weight is 326 g/mol. The first-order valence-electron chi connectivity index (χ1n) is 7.54. The Labute approximate surface area is 140 Å². The van der Waals surface area contributed by atoms with E-state index in [9.17, 15) is 4.39 Å². The summed E-state index contributed by atoms with van der Waals surface area (Å²) in [6.45, 7) is 1.32. The van der Waals surface area contributed by atoms with E-state index in [0.717, 1.165) is 5.75 Å². The van der Waals surface area contributed by atoms with Gasteiger partial charge < -0.3 is 15.4 Å². The number of rotatable bonds is 6. The van der Waals surface area contributed by atoms with Crippen LogP contribution in [-0.2, 0) is 6.54 Å². The van der Waals surface area contributed by atoms with Crippen molar-refractivity contribution in [1.29, 1.82) is 5.26 Å². The summed E-state index contributed by atoms with van der Waals surface area (Å²) in [6.07, 6.45) is 0. The molecule has 0 radical (unpaired) electrons. The molecule has 0 fully saturated rings. The van der Waals surface area contributed by atoms with E-state index < -0.39 is 5.82 Å². The molecule has 0 atom stereocenters. The van der Waals surface area contributed by atoms with Gasteiger partial charge in [0.05, 0.1) is 18.2 Å². The van der Waals surface area contributed by atoms with Crippen molar-refractivity contribution < 1.29 is 9.13 Å². The molecule has 0 saturated heterocycles. The summed E-state index contributed by atoms with van der Waals surface area (Å²) >= 11 is 0. The van der Waals surface area contributed by atoms with E-state index in [4.69, 9.17) is 10.00 Å². The first kappa shape index (κ1) is 17.3. The predicted molar refractivity (Wildman–Crippen MR) is 91.3 cm³/mol. The van der Waals surface area contributed by atoms with Gasteiger partial charge >= 0.3 is 0 Å². The van der Waals surface area contributed by atoms with Crippen molar-refractivity contribution in [2.45, 2.75) is 6.54 Å². The van der Waals surface area contributed by atoms with Crippen molar-refractivity contribution in [1.82, 2.24) is 10.6 Å². The second kappa shape index (κ2) is 9.16. The minimum absolute atomic E-state index is 0.275. The molecule has 2 aromatic carbocycles. The summed E-state index contributed by atoms with van der Waals surface area (Å²) in [5.41, 5.74) is 0.773. The number of nitrogens with one attached hydrogen (secondary N) is 2. The third kappa shape index (κ3) is 5.29. The highest BCUT2D eigenvalue weighted by atomic mass is 19.1. The Morgan fingerprint density at radius 3 is 2.67 bits per heavy atom. The van der Waals surface area contributed by atoms with Crippen molar-refractivity contribution in [2.75, 3.05) is 20.2 Å². The summed E-state index contributed by atoms with van der Waals surface area (Å²) in [7, 11) is 1.64. The van der Waals surface area contributed by atoms with Gasteiger partial charge in [-0.1, -0.05) is 24.3 Å². The van der Waals surface area contributed by atoms with Crippen LogP contribution in [0.4, 0.5) is 4.39 Å². The van der Waals surface area contributed by atoms with Gasteiger partial charge in [-0.05, 0) is 24.3 Å². The molecule has 124 valence electrons. The SMILES string of the molecule is CN=C(NCCOc1ccccc1)NCc1ccc(C#N)cc1F. The Balaban J connectivity index is 1.75. The van der Waals surface area contributed by atoms with Crippen molar-refractivity contribution in [2.24, 2.45) is 4.99 Å². The molecule has 6 heteroatoms. The molecule has 0 aliphatic rings. The lowest BCUT2D eigenvalue weighted by Crippen LogP contribution is -2.39. The van der Waals surface area contributed by atoms with E-state index in [2.05, 4.69) is 15.6 Å². The zero-order valence-electron chi connectivity index (χ0n) is 13.4. The van der Waals surface area contributed by atoms with E-state index in [1.54, 1.807) is 19.2 Å². The monoisotopic (exact) mass is 326 g/mol. The molecule has 5 nitrogen and oxygen atoms in total. The Morgan fingerprint density at radius 2 is 2.00 bits per heavy atom. The maximum absolute atomic E-state index is 13.8. The van der Waals surface area contributed by atoms with Crippen molar-refractivity contribution in [3.05, 3.63) is 65.5 Å². The van der Waals surface area contributed by atoms with Gasteiger partial charge in [0, 0.05) is 19.2 Å². The molecule has 0 heterocycles. The topological polar surface area (TPSA) is 69.4 Å². The molecule has 0 unspecified atom stereocenters. The van der Waals surface area contributed by atoms with Gasteiger partial charge in [0.1, 0.15) is 18.2 Å². The van der Waals surface area contributed by atoms with Crippen molar-refractivity contribution >= 4 is 5.96 Å². The van der Waals surface area contributed by atoms with Gasteiger partial charge in [0.15, 0.2) is 5.96 Å². The molecule has 0 aliphatic heterocycles. The number of para-hydroxylation sites is 1. The number of ether oxygens (including phenoxy) is 1. The highest BCUT2D eigenvalue weighted by Crippen LogP contribution is 2.09. The fourth-order valence-corrected chi connectivity index (χ4v) is 2.01. The van der Waals surface area contributed by atoms with E-state index in [1.165, 1.54) is 6.07 Å². The highest BCUT2D eigenvalue weighted by molar-refractivity contribution is 5.79. The van der Waals surface area contributed by atoms with Gasteiger partial charge in [-0.3, -0.25) is 4.99 Å². The van der Waals surface area contributed by atoms with Crippen LogP contribution in [0.15, 0.2) is 53.5 Å². The molecule has 0 bridgehead atoms. The van der Waals surface area contributed by atoms with Crippen LogP contribution in [0.2, 0.25) is 0 Å². The summed E-state index contributed by atoms with van der Waals surface area (Å²) < 4.78 is 19.4. The van der Waals surface area contributed by atoms with Crippen molar-refractivity contribution in [3.63, 3.8) is 0 Å². The molecule has 2 aromatic rings. The van der Waals surface area contributed by atoms with E-state index in [1.807, 2.05) is 36.4 Å². The number of nitrogens with zero attached hydrogens (tertiary/aromatic N) is 2.